The van der Waals surface area contributed by atoms with E-state index in [1.54, 1.807) is 12.1 Å². The molecule has 2 N–H and O–H groups in total. The van der Waals surface area contributed by atoms with Crippen LogP contribution in [-0.2, 0) is 4.74 Å². The molecule has 1 aromatic carbocycles. The van der Waals surface area contributed by atoms with Crippen LogP contribution in [0, 0.1) is 0 Å². The monoisotopic (exact) mass is 263 g/mol. The maximum absolute atomic E-state index is 12.1. The van der Waals surface area contributed by atoms with Crippen LogP contribution in [0.15, 0.2) is 24.3 Å². The second-order valence-corrected chi connectivity index (χ2v) is 4.73. The highest BCUT2D eigenvalue weighted by molar-refractivity contribution is 6.04. The first kappa shape index (κ1) is 13.5. The Hall–Kier alpha value is -1.88. The molecule has 0 spiro atoms. The third-order valence-electron chi connectivity index (χ3n) is 3.22. The number of hydrogen-bond acceptors (Lipinski definition) is 3. The minimum absolute atomic E-state index is 0.0279. The lowest BCUT2D eigenvalue weighted by Crippen LogP contribution is -2.41. The zero-order valence-corrected chi connectivity index (χ0v) is 10.8. The highest BCUT2D eigenvalue weighted by atomic mass is 16.5. The summed E-state index contributed by atoms with van der Waals surface area (Å²) in [6.07, 6.45) is 1.63. The summed E-state index contributed by atoms with van der Waals surface area (Å²) in [7, 11) is 0. The normalized spacial score (nSPS) is 22.8. The van der Waals surface area contributed by atoms with E-state index in [0.717, 1.165) is 12.8 Å². The van der Waals surface area contributed by atoms with Crippen LogP contribution in [0.1, 0.15) is 40.5 Å². The average molecular weight is 263 g/mol. The number of benzene rings is 1. The molecule has 1 fully saturated rings. The summed E-state index contributed by atoms with van der Waals surface area (Å²) in [5.41, 5.74) is 0.231. The van der Waals surface area contributed by atoms with Crippen molar-refractivity contribution in [2.24, 2.45) is 0 Å². The van der Waals surface area contributed by atoms with Crippen molar-refractivity contribution in [1.29, 1.82) is 0 Å². The number of carboxylic acids is 1. The van der Waals surface area contributed by atoms with E-state index in [-0.39, 0.29) is 29.2 Å². The Bertz CT molecular complexity index is 486. The Morgan fingerprint density at radius 3 is 2.63 bits per heavy atom. The molecule has 0 aliphatic carbocycles. The topological polar surface area (TPSA) is 75.6 Å². The lowest BCUT2D eigenvalue weighted by Gasteiger charge is -2.28. The van der Waals surface area contributed by atoms with E-state index in [4.69, 9.17) is 9.84 Å². The molecule has 0 radical (unpaired) electrons. The number of carbonyl (C=O) groups is 2. The van der Waals surface area contributed by atoms with Crippen molar-refractivity contribution in [2.45, 2.75) is 31.9 Å². The second-order valence-electron chi connectivity index (χ2n) is 4.73. The largest absolute Gasteiger partial charge is 0.478 e. The van der Waals surface area contributed by atoms with E-state index < -0.39 is 5.97 Å². The fraction of sp³-hybridized carbons (Fsp3) is 0.429. The van der Waals surface area contributed by atoms with Gasteiger partial charge in [-0.3, -0.25) is 4.79 Å². The van der Waals surface area contributed by atoms with Crippen molar-refractivity contribution in [3.63, 3.8) is 0 Å². The van der Waals surface area contributed by atoms with Gasteiger partial charge in [0.15, 0.2) is 0 Å². The lowest BCUT2D eigenvalue weighted by atomic mass is 10.0. The molecule has 0 bridgehead atoms. The number of amides is 1. The Morgan fingerprint density at radius 2 is 2.00 bits per heavy atom. The van der Waals surface area contributed by atoms with E-state index in [1.165, 1.54) is 12.1 Å². The molecule has 1 heterocycles. The summed E-state index contributed by atoms with van der Waals surface area (Å²) in [4.78, 5) is 23.2. The Morgan fingerprint density at radius 1 is 1.32 bits per heavy atom. The second kappa shape index (κ2) is 5.84. The van der Waals surface area contributed by atoms with Gasteiger partial charge in [0.25, 0.3) is 5.91 Å². The van der Waals surface area contributed by atoms with Crippen molar-refractivity contribution < 1.29 is 19.4 Å². The fourth-order valence-electron chi connectivity index (χ4n) is 2.26. The lowest BCUT2D eigenvalue weighted by molar-refractivity contribution is 0.0136. The number of nitrogens with one attached hydrogen (secondary N) is 1. The third-order valence-corrected chi connectivity index (χ3v) is 3.22. The van der Waals surface area contributed by atoms with Gasteiger partial charge in [0.05, 0.1) is 17.2 Å². The van der Waals surface area contributed by atoms with E-state index >= 15 is 0 Å². The third kappa shape index (κ3) is 3.32. The molecule has 102 valence electrons. The zero-order valence-electron chi connectivity index (χ0n) is 10.8. The van der Waals surface area contributed by atoms with Gasteiger partial charge in [-0.15, -0.1) is 0 Å². The molecule has 5 heteroatoms. The van der Waals surface area contributed by atoms with Crippen molar-refractivity contribution in [3.8, 4) is 0 Å². The molecule has 2 atom stereocenters. The standard InChI is InChI=1S/C14H17NO4/c1-9-8-10(6-7-19-9)15-13(16)11-4-2-3-5-12(11)14(17)18/h2-5,9-10H,6-8H2,1H3,(H,15,16)(H,17,18). The van der Waals surface area contributed by atoms with Gasteiger partial charge in [-0.05, 0) is 31.9 Å². The number of hydrogen-bond donors (Lipinski definition) is 2. The minimum atomic E-state index is -1.09. The van der Waals surface area contributed by atoms with Gasteiger partial charge in [0, 0.05) is 12.6 Å². The van der Waals surface area contributed by atoms with Crippen LogP contribution in [0.4, 0.5) is 0 Å². The van der Waals surface area contributed by atoms with Gasteiger partial charge < -0.3 is 15.2 Å². The first-order valence-corrected chi connectivity index (χ1v) is 6.32. The smallest absolute Gasteiger partial charge is 0.336 e. The zero-order chi connectivity index (χ0) is 13.8. The number of aromatic carboxylic acids is 1. The van der Waals surface area contributed by atoms with Crippen LogP contribution in [0.25, 0.3) is 0 Å². The summed E-state index contributed by atoms with van der Waals surface area (Å²) < 4.78 is 5.41. The molecule has 2 unspecified atom stereocenters. The molecular weight excluding hydrogens is 246 g/mol. The first-order valence-electron chi connectivity index (χ1n) is 6.32. The van der Waals surface area contributed by atoms with Crippen LogP contribution in [0.3, 0.4) is 0 Å². The molecular formula is C14H17NO4. The Kier molecular flexibility index (Phi) is 4.16. The predicted octanol–water partition coefficient (Wildman–Crippen LogP) is 1.68. The summed E-state index contributed by atoms with van der Waals surface area (Å²) in [5.74, 6) is -1.43. The molecule has 1 aromatic rings. The fourth-order valence-corrected chi connectivity index (χ4v) is 2.26. The summed E-state index contributed by atoms with van der Waals surface area (Å²) in [6.45, 7) is 2.58. The summed E-state index contributed by atoms with van der Waals surface area (Å²) in [6, 6.07) is 6.27. The predicted molar refractivity (Wildman–Crippen MR) is 69.3 cm³/mol. The van der Waals surface area contributed by atoms with Gasteiger partial charge in [-0.1, -0.05) is 12.1 Å². The quantitative estimate of drug-likeness (QED) is 0.870. The molecule has 1 aliphatic heterocycles. The van der Waals surface area contributed by atoms with Crippen molar-refractivity contribution in [1.82, 2.24) is 5.32 Å². The molecule has 1 aliphatic rings. The number of rotatable bonds is 3. The number of ether oxygens (including phenoxy) is 1. The van der Waals surface area contributed by atoms with Crippen molar-refractivity contribution in [3.05, 3.63) is 35.4 Å². The van der Waals surface area contributed by atoms with Gasteiger partial charge in [-0.25, -0.2) is 4.79 Å². The van der Waals surface area contributed by atoms with Crippen LogP contribution < -0.4 is 5.32 Å². The molecule has 5 nitrogen and oxygen atoms in total. The Balaban J connectivity index is 2.09. The van der Waals surface area contributed by atoms with E-state index in [0.29, 0.717) is 6.61 Å². The van der Waals surface area contributed by atoms with Gasteiger partial charge in [0.2, 0.25) is 0 Å². The Labute approximate surface area is 111 Å². The maximum Gasteiger partial charge on any atom is 0.336 e. The summed E-state index contributed by atoms with van der Waals surface area (Å²) in [5, 5.41) is 11.9. The van der Waals surface area contributed by atoms with Gasteiger partial charge >= 0.3 is 5.97 Å². The molecule has 0 aromatic heterocycles. The SMILES string of the molecule is CC1CC(NC(=O)c2ccccc2C(=O)O)CCO1. The summed E-state index contributed by atoms with van der Waals surface area (Å²) >= 11 is 0. The molecule has 1 amide bonds. The molecule has 19 heavy (non-hydrogen) atoms. The van der Waals surface area contributed by atoms with Gasteiger partial charge in [-0.2, -0.15) is 0 Å². The van der Waals surface area contributed by atoms with Crippen LogP contribution >= 0.6 is 0 Å². The highest BCUT2D eigenvalue weighted by Crippen LogP contribution is 2.15. The molecule has 2 rings (SSSR count). The molecule has 1 saturated heterocycles. The van der Waals surface area contributed by atoms with Crippen LogP contribution in [0.2, 0.25) is 0 Å². The first-order chi connectivity index (χ1) is 9.08. The minimum Gasteiger partial charge on any atom is -0.478 e. The molecule has 0 saturated carbocycles. The van der Waals surface area contributed by atoms with E-state index in [2.05, 4.69) is 5.32 Å². The van der Waals surface area contributed by atoms with Crippen LogP contribution in [-0.4, -0.2) is 35.7 Å². The number of carboxylic acid groups (broad SMARTS) is 1. The van der Waals surface area contributed by atoms with Crippen molar-refractivity contribution >= 4 is 11.9 Å². The average Bonchev–Trinajstić information content (AvgIpc) is 2.38. The number of carbonyl (C=O) groups excluding carboxylic acids is 1. The van der Waals surface area contributed by atoms with E-state index in [1.807, 2.05) is 6.92 Å². The van der Waals surface area contributed by atoms with Crippen molar-refractivity contribution in [2.75, 3.05) is 6.61 Å². The van der Waals surface area contributed by atoms with E-state index in [9.17, 15) is 9.59 Å². The van der Waals surface area contributed by atoms with Crippen LogP contribution in [0.5, 0.6) is 0 Å². The van der Waals surface area contributed by atoms with Gasteiger partial charge in [0.1, 0.15) is 0 Å². The maximum atomic E-state index is 12.1. The highest BCUT2D eigenvalue weighted by Gasteiger charge is 2.23.